The van der Waals surface area contributed by atoms with Gasteiger partial charge in [0.15, 0.2) is 0 Å². The van der Waals surface area contributed by atoms with Crippen LogP contribution in [-0.2, 0) is 0 Å². The van der Waals surface area contributed by atoms with Crippen LogP contribution < -0.4 is 15.2 Å². The number of para-hydroxylation sites is 1. The Morgan fingerprint density at radius 3 is 2.52 bits per heavy atom. The Morgan fingerprint density at radius 2 is 1.81 bits per heavy atom. The summed E-state index contributed by atoms with van der Waals surface area (Å²) in [5.41, 5.74) is 8.00. The molecule has 21 heavy (non-hydrogen) atoms. The smallest absolute Gasteiger partial charge is 0.134 e. The maximum absolute atomic E-state index is 6.35. The van der Waals surface area contributed by atoms with Crippen molar-refractivity contribution >= 4 is 11.0 Å². The summed E-state index contributed by atoms with van der Waals surface area (Å²) >= 11 is 0. The highest BCUT2D eigenvalue weighted by Crippen LogP contribution is 2.33. The minimum absolute atomic E-state index is 0.414. The van der Waals surface area contributed by atoms with E-state index in [0.717, 1.165) is 22.3 Å². The fourth-order valence-corrected chi connectivity index (χ4v) is 2.39. The van der Waals surface area contributed by atoms with Gasteiger partial charge in [-0.15, -0.1) is 0 Å². The van der Waals surface area contributed by atoms with Crippen molar-refractivity contribution in [3.63, 3.8) is 0 Å². The Balaban J connectivity index is 2.06. The van der Waals surface area contributed by atoms with Crippen LogP contribution in [-0.4, -0.2) is 14.2 Å². The molecule has 1 aromatic heterocycles. The lowest BCUT2D eigenvalue weighted by molar-refractivity contribution is 0.394. The maximum Gasteiger partial charge on any atom is 0.134 e. The lowest BCUT2D eigenvalue weighted by Gasteiger charge is -2.15. The number of furan rings is 1. The van der Waals surface area contributed by atoms with E-state index in [2.05, 4.69) is 0 Å². The summed E-state index contributed by atoms with van der Waals surface area (Å²) in [6, 6.07) is 14.9. The largest absolute Gasteiger partial charge is 0.497 e. The molecule has 1 heterocycles. The molecule has 4 heteroatoms. The highest BCUT2D eigenvalue weighted by atomic mass is 16.5. The second-order valence-electron chi connectivity index (χ2n) is 4.77. The molecule has 0 saturated heterocycles. The number of methoxy groups -OCH3 is 2. The van der Waals surface area contributed by atoms with Gasteiger partial charge in [-0.1, -0.05) is 18.2 Å². The molecular formula is C17H17NO3. The summed E-state index contributed by atoms with van der Waals surface area (Å²) in [7, 11) is 3.25. The summed E-state index contributed by atoms with van der Waals surface area (Å²) in [4.78, 5) is 0. The number of fused-ring (bicyclic) bond motifs is 1. The summed E-state index contributed by atoms with van der Waals surface area (Å²) in [6.07, 6.45) is 0. The van der Waals surface area contributed by atoms with Crippen LogP contribution in [0.2, 0.25) is 0 Å². The summed E-state index contributed by atoms with van der Waals surface area (Å²) in [6.45, 7) is 0. The summed E-state index contributed by atoms with van der Waals surface area (Å²) < 4.78 is 16.5. The van der Waals surface area contributed by atoms with Crippen LogP contribution in [0.5, 0.6) is 11.5 Å². The molecule has 3 rings (SSSR count). The topological polar surface area (TPSA) is 57.6 Å². The Labute approximate surface area is 123 Å². The monoisotopic (exact) mass is 283 g/mol. The summed E-state index contributed by atoms with van der Waals surface area (Å²) in [5, 5.41) is 1.03. The van der Waals surface area contributed by atoms with Gasteiger partial charge < -0.3 is 19.6 Å². The van der Waals surface area contributed by atoms with Crippen molar-refractivity contribution < 1.29 is 13.9 Å². The molecule has 0 aliphatic rings. The van der Waals surface area contributed by atoms with Gasteiger partial charge in [-0.2, -0.15) is 0 Å². The van der Waals surface area contributed by atoms with Gasteiger partial charge in [0.2, 0.25) is 0 Å². The van der Waals surface area contributed by atoms with Gasteiger partial charge in [0.1, 0.15) is 22.8 Å². The predicted molar refractivity (Wildman–Crippen MR) is 81.8 cm³/mol. The second-order valence-corrected chi connectivity index (χ2v) is 4.77. The average molecular weight is 283 g/mol. The van der Waals surface area contributed by atoms with Crippen molar-refractivity contribution in [2.75, 3.05) is 14.2 Å². The standard InChI is InChI=1S/C17H17NO3/c1-19-12-7-8-15(20-2)13(10-12)17(18)16-9-11-5-3-4-6-14(11)21-16/h3-10,17H,18H2,1-2H3. The zero-order valence-corrected chi connectivity index (χ0v) is 12.0. The molecule has 0 aliphatic carbocycles. The lowest BCUT2D eigenvalue weighted by Crippen LogP contribution is -2.12. The highest BCUT2D eigenvalue weighted by Gasteiger charge is 2.19. The van der Waals surface area contributed by atoms with E-state index in [9.17, 15) is 0 Å². The van der Waals surface area contributed by atoms with Gasteiger partial charge in [0.05, 0.1) is 20.3 Å². The molecule has 0 fully saturated rings. The van der Waals surface area contributed by atoms with Gasteiger partial charge in [-0.25, -0.2) is 0 Å². The predicted octanol–water partition coefficient (Wildman–Crippen LogP) is 3.50. The zero-order chi connectivity index (χ0) is 14.8. The van der Waals surface area contributed by atoms with Crippen LogP contribution in [0, 0.1) is 0 Å². The van der Waals surface area contributed by atoms with Gasteiger partial charge >= 0.3 is 0 Å². The first-order valence-electron chi connectivity index (χ1n) is 6.69. The fourth-order valence-electron chi connectivity index (χ4n) is 2.39. The molecule has 2 aromatic carbocycles. The number of benzene rings is 2. The summed E-state index contributed by atoms with van der Waals surface area (Å²) in [5.74, 6) is 2.14. The van der Waals surface area contributed by atoms with Crippen LogP contribution in [0.3, 0.4) is 0 Å². The minimum Gasteiger partial charge on any atom is -0.497 e. The molecule has 0 bridgehead atoms. The number of nitrogens with two attached hydrogens (primary N) is 1. The molecule has 4 nitrogen and oxygen atoms in total. The molecule has 1 unspecified atom stereocenters. The second kappa shape index (κ2) is 5.50. The van der Waals surface area contributed by atoms with E-state index in [1.165, 1.54) is 0 Å². The molecule has 0 radical (unpaired) electrons. The van der Waals surface area contributed by atoms with Gasteiger partial charge in [0.25, 0.3) is 0 Å². The van der Waals surface area contributed by atoms with Crippen molar-refractivity contribution in [2.24, 2.45) is 5.73 Å². The quantitative estimate of drug-likeness (QED) is 0.796. The van der Waals surface area contributed by atoms with Crippen molar-refractivity contribution in [1.82, 2.24) is 0 Å². The zero-order valence-electron chi connectivity index (χ0n) is 12.0. The third kappa shape index (κ3) is 2.45. The Kier molecular flexibility index (Phi) is 3.54. The number of hydrogen-bond acceptors (Lipinski definition) is 4. The molecule has 2 N–H and O–H groups in total. The Morgan fingerprint density at radius 1 is 1.00 bits per heavy atom. The Bertz CT molecular complexity index is 731. The third-order valence-electron chi connectivity index (χ3n) is 3.52. The van der Waals surface area contributed by atoms with E-state index >= 15 is 0 Å². The maximum atomic E-state index is 6.35. The average Bonchev–Trinajstić information content (AvgIpc) is 2.97. The number of rotatable bonds is 4. The first-order valence-corrected chi connectivity index (χ1v) is 6.69. The van der Waals surface area contributed by atoms with E-state index in [1.807, 2.05) is 48.5 Å². The lowest BCUT2D eigenvalue weighted by atomic mass is 10.0. The number of hydrogen-bond donors (Lipinski definition) is 1. The van der Waals surface area contributed by atoms with Crippen LogP contribution in [0.1, 0.15) is 17.4 Å². The van der Waals surface area contributed by atoms with Gasteiger partial charge in [-0.3, -0.25) is 0 Å². The van der Waals surface area contributed by atoms with Crippen molar-refractivity contribution in [3.8, 4) is 11.5 Å². The van der Waals surface area contributed by atoms with Crippen LogP contribution in [0.15, 0.2) is 52.9 Å². The molecule has 3 aromatic rings. The van der Waals surface area contributed by atoms with Crippen molar-refractivity contribution in [3.05, 3.63) is 59.9 Å². The van der Waals surface area contributed by atoms with Crippen LogP contribution in [0.25, 0.3) is 11.0 Å². The van der Waals surface area contributed by atoms with Gasteiger partial charge in [-0.05, 0) is 30.3 Å². The number of ether oxygens (including phenoxy) is 2. The van der Waals surface area contributed by atoms with Gasteiger partial charge in [0, 0.05) is 10.9 Å². The van der Waals surface area contributed by atoms with E-state index in [4.69, 9.17) is 19.6 Å². The molecule has 0 aliphatic heterocycles. The van der Waals surface area contributed by atoms with Crippen molar-refractivity contribution in [1.29, 1.82) is 0 Å². The van der Waals surface area contributed by atoms with Crippen LogP contribution in [0.4, 0.5) is 0 Å². The molecule has 0 saturated carbocycles. The van der Waals surface area contributed by atoms with E-state index in [1.54, 1.807) is 14.2 Å². The molecule has 0 amide bonds. The molecule has 108 valence electrons. The SMILES string of the molecule is COc1ccc(OC)c(C(N)c2cc3ccccc3o2)c1. The van der Waals surface area contributed by atoms with Crippen molar-refractivity contribution in [2.45, 2.75) is 6.04 Å². The normalized spacial score (nSPS) is 12.3. The first-order chi connectivity index (χ1) is 10.2. The minimum atomic E-state index is -0.414. The van der Waals surface area contributed by atoms with E-state index in [0.29, 0.717) is 11.5 Å². The highest BCUT2D eigenvalue weighted by molar-refractivity contribution is 5.78. The molecule has 1 atom stereocenters. The first kappa shape index (κ1) is 13.5. The molecular weight excluding hydrogens is 266 g/mol. The third-order valence-corrected chi connectivity index (χ3v) is 3.52. The van der Waals surface area contributed by atoms with Crippen LogP contribution >= 0.6 is 0 Å². The van der Waals surface area contributed by atoms with E-state index < -0.39 is 6.04 Å². The Hall–Kier alpha value is -2.46. The fraction of sp³-hybridized carbons (Fsp3) is 0.176. The molecule has 0 spiro atoms. The van der Waals surface area contributed by atoms with E-state index in [-0.39, 0.29) is 0 Å².